The van der Waals surface area contributed by atoms with E-state index in [0.29, 0.717) is 30.9 Å². The van der Waals surface area contributed by atoms with Crippen LogP contribution in [0.1, 0.15) is 6.42 Å². The molecule has 2 heterocycles. The zero-order valence-electron chi connectivity index (χ0n) is 9.70. The molecule has 1 atom stereocenters. The van der Waals surface area contributed by atoms with Gasteiger partial charge in [-0.15, -0.1) is 0 Å². The summed E-state index contributed by atoms with van der Waals surface area (Å²) < 4.78 is 44.8. The average molecular weight is 270 g/mol. The molecule has 1 aromatic rings. The summed E-state index contributed by atoms with van der Waals surface area (Å²) in [7, 11) is 0. The molecule has 4 nitrogen and oxygen atoms in total. The van der Waals surface area contributed by atoms with Crippen molar-refractivity contribution in [2.45, 2.75) is 6.42 Å². The molecule has 1 aromatic carbocycles. The Morgan fingerprint density at radius 2 is 1.95 bits per heavy atom. The highest BCUT2D eigenvalue weighted by Crippen LogP contribution is 2.30. The zero-order chi connectivity index (χ0) is 13.6. The number of hydrogen-bond acceptors (Lipinski definition) is 3. The Bertz CT molecular complexity index is 589. The van der Waals surface area contributed by atoms with Crippen molar-refractivity contribution in [3.63, 3.8) is 0 Å². The first-order valence-electron chi connectivity index (χ1n) is 5.71. The van der Waals surface area contributed by atoms with Crippen LogP contribution in [-0.4, -0.2) is 24.8 Å². The molecule has 0 radical (unpaired) electrons. The third-order valence-corrected chi connectivity index (χ3v) is 3.14. The fourth-order valence-corrected chi connectivity index (χ4v) is 2.15. The molecule has 1 unspecified atom stereocenters. The van der Waals surface area contributed by atoms with E-state index >= 15 is 0 Å². The van der Waals surface area contributed by atoms with Crippen molar-refractivity contribution in [1.82, 2.24) is 0 Å². The molecule has 0 spiro atoms. The van der Waals surface area contributed by atoms with Crippen LogP contribution in [0.5, 0.6) is 0 Å². The van der Waals surface area contributed by atoms with E-state index in [0.717, 1.165) is 5.01 Å². The molecule has 3 rings (SSSR count). The van der Waals surface area contributed by atoms with Crippen LogP contribution in [0.4, 0.5) is 18.9 Å². The number of hydrogen-bond donors (Lipinski definition) is 0. The molecule has 1 saturated heterocycles. The minimum atomic E-state index is -1.30. The van der Waals surface area contributed by atoms with Crippen molar-refractivity contribution in [3.8, 4) is 0 Å². The first-order valence-corrected chi connectivity index (χ1v) is 5.71. The fraction of sp³-hybridized carbons (Fsp3) is 0.333. The first-order chi connectivity index (χ1) is 9.08. The summed E-state index contributed by atoms with van der Waals surface area (Å²) in [5, 5.41) is 4.77. The van der Waals surface area contributed by atoms with Gasteiger partial charge in [-0.25, -0.2) is 13.2 Å². The van der Waals surface area contributed by atoms with Gasteiger partial charge in [0.15, 0.2) is 17.5 Å². The van der Waals surface area contributed by atoms with Crippen molar-refractivity contribution in [2.24, 2.45) is 11.0 Å². The third kappa shape index (κ3) is 1.90. The van der Waals surface area contributed by atoms with Crippen LogP contribution in [0.2, 0.25) is 0 Å². The highest BCUT2D eigenvalue weighted by molar-refractivity contribution is 6.15. The van der Waals surface area contributed by atoms with Gasteiger partial charge in [-0.1, -0.05) is 0 Å². The van der Waals surface area contributed by atoms with E-state index in [1.165, 1.54) is 0 Å². The van der Waals surface area contributed by atoms with E-state index in [1.54, 1.807) is 0 Å². The van der Waals surface area contributed by atoms with Crippen LogP contribution in [0, 0.1) is 23.4 Å². The van der Waals surface area contributed by atoms with Gasteiger partial charge in [0.05, 0.1) is 18.9 Å². The van der Waals surface area contributed by atoms with Crippen molar-refractivity contribution in [3.05, 3.63) is 29.6 Å². The molecule has 2 aliphatic rings. The molecule has 2 aliphatic heterocycles. The molecule has 0 N–H and O–H groups in total. The number of hydrazone groups is 1. The van der Waals surface area contributed by atoms with Crippen LogP contribution in [0.25, 0.3) is 0 Å². The van der Waals surface area contributed by atoms with Crippen molar-refractivity contribution < 1.29 is 22.7 Å². The number of halogens is 3. The number of amides is 1. The number of benzene rings is 1. The summed E-state index contributed by atoms with van der Waals surface area (Å²) in [5.74, 6) is -4.60. The molecule has 1 fully saturated rings. The highest BCUT2D eigenvalue weighted by Gasteiger charge is 2.39. The molecule has 19 heavy (non-hydrogen) atoms. The number of ether oxygens (including phenoxy) is 1. The Hall–Kier alpha value is -1.89. The summed E-state index contributed by atoms with van der Waals surface area (Å²) in [6.07, 6.45) is 0.470. The number of anilines is 1. The van der Waals surface area contributed by atoms with Gasteiger partial charge in [-0.05, 0) is 0 Å². The van der Waals surface area contributed by atoms with Crippen molar-refractivity contribution in [2.75, 3.05) is 18.2 Å². The summed E-state index contributed by atoms with van der Waals surface area (Å²) in [6.45, 7) is 0.621. The van der Waals surface area contributed by atoms with Crippen LogP contribution in [-0.2, 0) is 9.53 Å². The van der Waals surface area contributed by atoms with E-state index in [1.807, 2.05) is 0 Å². The molecule has 1 amide bonds. The van der Waals surface area contributed by atoms with Gasteiger partial charge in [-0.2, -0.15) is 10.1 Å². The fourth-order valence-electron chi connectivity index (χ4n) is 2.15. The van der Waals surface area contributed by atoms with Crippen molar-refractivity contribution in [1.29, 1.82) is 0 Å². The van der Waals surface area contributed by atoms with E-state index in [9.17, 15) is 18.0 Å². The van der Waals surface area contributed by atoms with Gasteiger partial charge >= 0.3 is 0 Å². The third-order valence-electron chi connectivity index (χ3n) is 3.14. The molecule has 100 valence electrons. The van der Waals surface area contributed by atoms with Crippen molar-refractivity contribution >= 4 is 17.3 Å². The molecular weight excluding hydrogens is 261 g/mol. The van der Waals surface area contributed by atoms with Gasteiger partial charge in [-0.3, -0.25) is 4.79 Å². The normalized spacial score (nSPS) is 22.5. The summed E-state index contributed by atoms with van der Waals surface area (Å²) in [5.41, 5.74) is 0.200. The zero-order valence-corrected chi connectivity index (χ0v) is 9.70. The maximum Gasteiger partial charge on any atom is 0.258 e. The smallest absolute Gasteiger partial charge is 0.258 e. The van der Waals surface area contributed by atoms with Gasteiger partial charge in [0, 0.05) is 18.6 Å². The lowest BCUT2D eigenvalue weighted by atomic mass is 10.0. The van der Waals surface area contributed by atoms with Gasteiger partial charge < -0.3 is 4.74 Å². The second kappa shape index (κ2) is 4.34. The largest absolute Gasteiger partial charge is 0.380 e. The van der Waals surface area contributed by atoms with Crippen LogP contribution < -0.4 is 5.01 Å². The number of nitrogens with zero attached hydrogens (tertiary/aromatic N) is 2. The van der Waals surface area contributed by atoms with E-state index in [2.05, 4.69) is 5.10 Å². The Labute approximate surface area is 106 Å². The van der Waals surface area contributed by atoms with Crippen LogP contribution in [0.3, 0.4) is 0 Å². The Balaban J connectivity index is 2.01. The Kier molecular flexibility index (Phi) is 2.78. The average Bonchev–Trinajstić information content (AvgIpc) is 2.72. The van der Waals surface area contributed by atoms with Crippen LogP contribution in [0.15, 0.2) is 17.2 Å². The van der Waals surface area contributed by atoms with E-state index in [4.69, 9.17) is 4.74 Å². The minimum Gasteiger partial charge on any atom is -0.380 e. The molecule has 0 aliphatic carbocycles. The standard InChI is InChI=1S/C12H9F3N2O2/c13-7-3-9(15)11(4-8(7)14)17-12(18)6-5-19-2-1-10(6)16-17/h3-4,6H,1-2,5H2. The number of carbonyl (C=O) groups excluding carboxylic acids is 1. The first kappa shape index (κ1) is 12.2. The summed E-state index contributed by atoms with van der Waals surface area (Å²) in [6, 6.07) is 1.03. The monoisotopic (exact) mass is 270 g/mol. The Morgan fingerprint density at radius 1 is 1.21 bits per heavy atom. The minimum absolute atomic E-state index is 0.180. The number of fused-ring (bicyclic) bond motifs is 1. The number of rotatable bonds is 1. The number of carbonyl (C=O) groups is 1. The van der Waals surface area contributed by atoms with E-state index in [-0.39, 0.29) is 12.3 Å². The van der Waals surface area contributed by atoms with Gasteiger partial charge in [0.25, 0.3) is 5.91 Å². The summed E-state index contributed by atoms with van der Waals surface area (Å²) in [4.78, 5) is 12.0. The predicted octanol–water partition coefficient (Wildman–Crippen LogP) is 1.84. The maximum absolute atomic E-state index is 13.6. The lowest BCUT2D eigenvalue weighted by molar-refractivity contribution is -0.121. The van der Waals surface area contributed by atoms with Gasteiger partial charge in [0.1, 0.15) is 11.6 Å². The van der Waals surface area contributed by atoms with Gasteiger partial charge in [0.2, 0.25) is 0 Å². The topological polar surface area (TPSA) is 41.9 Å². The lowest BCUT2D eigenvalue weighted by Crippen LogP contribution is -2.34. The SMILES string of the molecule is O=C1C2COCCC2=NN1c1cc(F)c(F)cc1F. The molecule has 0 aromatic heterocycles. The second-order valence-corrected chi connectivity index (χ2v) is 4.34. The highest BCUT2D eigenvalue weighted by atomic mass is 19.2. The van der Waals surface area contributed by atoms with Crippen LogP contribution >= 0.6 is 0 Å². The molecule has 0 saturated carbocycles. The molecule has 7 heteroatoms. The summed E-state index contributed by atoms with van der Waals surface area (Å²) >= 11 is 0. The predicted molar refractivity (Wildman–Crippen MR) is 60.2 cm³/mol. The quantitative estimate of drug-likeness (QED) is 0.731. The Morgan fingerprint density at radius 3 is 2.68 bits per heavy atom. The molecule has 0 bridgehead atoms. The maximum atomic E-state index is 13.6. The molecular formula is C12H9F3N2O2. The second-order valence-electron chi connectivity index (χ2n) is 4.34. The van der Waals surface area contributed by atoms with E-state index < -0.39 is 29.3 Å². The lowest BCUT2D eigenvalue weighted by Gasteiger charge is -2.17.